The van der Waals surface area contributed by atoms with E-state index in [4.69, 9.17) is 0 Å². The zero-order valence-corrected chi connectivity index (χ0v) is 14.1. The van der Waals surface area contributed by atoms with Gasteiger partial charge in [-0.25, -0.2) is 0 Å². The van der Waals surface area contributed by atoms with E-state index in [2.05, 4.69) is 27.5 Å². The Balaban J connectivity index is 1.42. The first kappa shape index (κ1) is 14.6. The van der Waals surface area contributed by atoms with Crippen molar-refractivity contribution in [2.24, 2.45) is 23.7 Å². The fourth-order valence-corrected chi connectivity index (χ4v) is 5.71. The van der Waals surface area contributed by atoms with Gasteiger partial charge < -0.3 is 10.4 Å². The second kappa shape index (κ2) is 5.15. The van der Waals surface area contributed by atoms with Crippen molar-refractivity contribution < 1.29 is 5.11 Å². The van der Waals surface area contributed by atoms with E-state index in [1.807, 2.05) is 6.07 Å². The number of rotatable bonds is 4. The summed E-state index contributed by atoms with van der Waals surface area (Å²) in [6.45, 7) is 2.70. The third-order valence-electron chi connectivity index (χ3n) is 6.79. The minimum Gasteiger partial charge on any atom is -0.387 e. The minimum absolute atomic E-state index is 0.461. The van der Waals surface area contributed by atoms with Crippen LogP contribution in [-0.4, -0.2) is 37.1 Å². The Morgan fingerprint density at radius 3 is 2.58 bits per heavy atom. The van der Waals surface area contributed by atoms with Gasteiger partial charge in [0.2, 0.25) is 5.65 Å². The summed E-state index contributed by atoms with van der Waals surface area (Å²) >= 11 is 0. The van der Waals surface area contributed by atoms with E-state index < -0.39 is 5.60 Å². The van der Waals surface area contributed by atoms with Crippen LogP contribution in [0.15, 0.2) is 12.4 Å². The molecule has 0 radical (unpaired) electrons. The molecule has 2 N–H and O–H groups in total. The molecule has 6 nitrogen and oxygen atoms in total. The minimum atomic E-state index is -0.569. The predicted octanol–water partition coefficient (Wildman–Crippen LogP) is 2.29. The van der Waals surface area contributed by atoms with Gasteiger partial charge in [0.05, 0.1) is 17.0 Å². The maximum absolute atomic E-state index is 11.5. The van der Waals surface area contributed by atoms with Crippen LogP contribution in [0.1, 0.15) is 44.7 Å². The van der Waals surface area contributed by atoms with E-state index in [1.54, 1.807) is 10.8 Å². The molecular weight excluding hydrogens is 302 g/mol. The molecule has 0 unspecified atom stereocenters. The average Bonchev–Trinajstić information content (AvgIpc) is 3.05. The number of aliphatic hydroxyl groups is 1. The Morgan fingerprint density at radius 2 is 1.92 bits per heavy atom. The summed E-state index contributed by atoms with van der Waals surface area (Å²) in [4.78, 5) is 0. The van der Waals surface area contributed by atoms with Crippen molar-refractivity contribution in [3.8, 4) is 0 Å². The fourth-order valence-electron chi connectivity index (χ4n) is 5.71. The number of hydrogen-bond donors (Lipinski definition) is 2. The standard InChI is InChI=1S/C18H25N5O/c1-2-15-8-16(17-21-20-10-23(17)22-15)19-9-18(24)13-4-11-3-12(6-13)7-14(18)5-11/h8,10-14,19,24H,2-7,9H2,1H3. The number of anilines is 1. The van der Waals surface area contributed by atoms with Gasteiger partial charge in [-0.1, -0.05) is 6.92 Å². The highest BCUT2D eigenvalue weighted by atomic mass is 16.3. The Kier molecular flexibility index (Phi) is 3.14. The van der Waals surface area contributed by atoms with Gasteiger partial charge in [0.25, 0.3) is 0 Å². The van der Waals surface area contributed by atoms with E-state index >= 15 is 0 Å². The SMILES string of the molecule is CCc1cc(NCC2(O)C3CC4CC(C3)CC2C4)c2nncn2n1. The maximum atomic E-state index is 11.5. The summed E-state index contributed by atoms with van der Waals surface area (Å²) in [5.74, 6) is 2.65. The number of nitrogens with zero attached hydrogens (tertiary/aromatic N) is 4. The summed E-state index contributed by atoms with van der Waals surface area (Å²) in [6, 6.07) is 2.05. The molecule has 0 spiro atoms. The lowest BCUT2D eigenvalue weighted by Gasteiger charge is -2.59. The molecule has 2 aromatic heterocycles. The molecule has 0 aliphatic heterocycles. The Hall–Kier alpha value is -1.69. The first-order chi connectivity index (χ1) is 11.7. The van der Waals surface area contributed by atoms with Crippen molar-refractivity contribution in [2.45, 2.75) is 51.0 Å². The summed E-state index contributed by atoms with van der Waals surface area (Å²) in [5, 5.41) is 27.6. The molecule has 4 aliphatic rings. The number of fused-ring (bicyclic) bond motifs is 1. The lowest BCUT2D eigenvalue weighted by molar-refractivity contribution is -0.164. The van der Waals surface area contributed by atoms with Crippen LogP contribution in [0.5, 0.6) is 0 Å². The first-order valence-electron chi connectivity index (χ1n) is 9.32. The first-order valence-corrected chi connectivity index (χ1v) is 9.32. The van der Waals surface area contributed by atoms with Crippen LogP contribution in [0.2, 0.25) is 0 Å². The third kappa shape index (κ3) is 2.08. The Morgan fingerprint density at radius 1 is 1.21 bits per heavy atom. The molecule has 6 heteroatoms. The Bertz CT molecular complexity index is 742. The zero-order valence-electron chi connectivity index (χ0n) is 14.1. The lowest BCUT2D eigenvalue weighted by atomic mass is 9.50. The topological polar surface area (TPSA) is 75.3 Å². The number of nitrogens with one attached hydrogen (secondary N) is 1. The van der Waals surface area contributed by atoms with Gasteiger partial charge in [-0.05, 0) is 68.3 Å². The van der Waals surface area contributed by atoms with Gasteiger partial charge in [0.1, 0.15) is 6.33 Å². The van der Waals surface area contributed by atoms with Crippen molar-refractivity contribution >= 4 is 11.3 Å². The molecule has 4 bridgehead atoms. The van der Waals surface area contributed by atoms with Crippen molar-refractivity contribution in [3.63, 3.8) is 0 Å². The molecular formula is C18H25N5O. The molecule has 4 saturated carbocycles. The summed E-state index contributed by atoms with van der Waals surface area (Å²) in [6.07, 6.45) is 8.74. The Labute approximate surface area is 141 Å². The quantitative estimate of drug-likeness (QED) is 0.901. The monoisotopic (exact) mass is 327 g/mol. The molecule has 6 rings (SSSR count). The average molecular weight is 327 g/mol. The van der Waals surface area contributed by atoms with Crippen LogP contribution in [0.25, 0.3) is 5.65 Å². The molecule has 4 aliphatic carbocycles. The van der Waals surface area contributed by atoms with Crippen LogP contribution < -0.4 is 5.32 Å². The predicted molar refractivity (Wildman–Crippen MR) is 90.6 cm³/mol. The highest BCUT2D eigenvalue weighted by molar-refractivity contribution is 5.66. The van der Waals surface area contributed by atoms with E-state index in [0.717, 1.165) is 35.3 Å². The molecule has 24 heavy (non-hydrogen) atoms. The van der Waals surface area contributed by atoms with Gasteiger partial charge in [-0.3, -0.25) is 0 Å². The van der Waals surface area contributed by atoms with Crippen molar-refractivity contribution in [2.75, 3.05) is 11.9 Å². The smallest absolute Gasteiger partial charge is 0.200 e. The molecule has 4 fully saturated rings. The van der Waals surface area contributed by atoms with Gasteiger partial charge in [-0.15, -0.1) is 10.2 Å². The van der Waals surface area contributed by atoms with Crippen molar-refractivity contribution in [1.82, 2.24) is 19.8 Å². The van der Waals surface area contributed by atoms with Gasteiger partial charge in [0, 0.05) is 6.54 Å². The molecule has 128 valence electrons. The van der Waals surface area contributed by atoms with Crippen molar-refractivity contribution in [3.05, 3.63) is 18.1 Å². The molecule has 2 aromatic rings. The highest BCUT2D eigenvalue weighted by Gasteiger charge is 2.56. The molecule has 0 saturated heterocycles. The van der Waals surface area contributed by atoms with Crippen molar-refractivity contribution in [1.29, 1.82) is 0 Å². The molecule has 0 atom stereocenters. The summed E-state index contributed by atoms with van der Waals surface area (Å²) in [5.41, 5.74) is 2.10. The number of aryl methyl sites for hydroxylation is 1. The van der Waals surface area contributed by atoms with Crippen LogP contribution in [-0.2, 0) is 6.42 Å². The van der Waals surface area contributed by atoms with Crippen LogP contribution in [0.3, 0.4) is 0 Å². The van der Waals surface area contributed by atoms with E-state index in [1.165, 1.54) is 32.1 Å². The number of aromatic nitrogens is 4. The summed E-state index contributed by atoms with van der Waals surface area (Å²) < 4.78 is 1.72. The van der Waals surface area contributed by atoms with Crippen LogP contribution in [0.4, 0.5) is 5.69 Å². The van der Waals surface area contributed by atoms with E-state index in [9.17, 15) is 5.11 Å². The van der Waals surface area contributed by atoms with E-state index in [0.29, 0.717) is 18.4 Å². The molecule has 0 aromatic carbocycles. The van der Waals surface area contributed by atoms with Gasteiger partial charge in [0.15, 0.2) is 0 Å². The molecule has 2 heterocycles. The highest BCUT2D eigenvalue weighted by Crippen LogP contribution is 2.58. The zero-order chi connectivity index (χ0) is 16.3. The summed E-state index contributed by atoms with van der Waals surface area (Å²) in [7, 11) is 0. The maximum Gasteiger partial charge on any atom is 0.200 e. The lowest BCUT2D eigenvalue weighted by Crippen LogP contribution is -2.60. The fraction of sp³-hybridized carbons (Fsp3) is 0.722. The van der Waals surface area contributed by atoms with Crippen LogP contribution in [0, 0.1) is 23.7 Å². The number of hydrogen-bond acceptors (Lipinski definition) is 5. The normalized spacial score (nSPS) is 37.2. The largest absolute Gasteiger partial charge is 0.387 e. The third-order valence-corrected chi connectivity index (χ3v) is 6.79. The molecule has 0 amide bonds. The van der Waals surface area contributed by atoms with Gasteiger partial charge >= 0.3 is 0 Å². The second-order valence-corrected chi connectivity index (χ2v) is 8.15. The van der Waals surface area contributed by atoms with Gasteiger partial charge in [-0.2, -0.15) is 9.61 Å². The van der Waals surface area contributed by atoms with Crippen LogP contribution >= 0.6 is 0 Å². The van der Waals surface area contributed by atoms with E-state index in [-0.39, 0.29) is 0 Å². The second-order valence-electron chi connectivity index (χ2n) is 8.15.